The average molecular weight is 314 g/mol. The Bertz CT molecular complexity index is 696. The second kappa shape index (κ2) is 6.71. The normalized spacial score (nSPS) is 20.7. The Balaban J connectivity index is 2.15. The summed E-state index contributed by atoms with van der Waals surface area (Å²) in [5.74, 6) is 1.41. The summed E-state index contributed by atoms with van der Waals surface area (Å²) < 4.78 is 19.7. The molecule has 1 aliphatic rings. The van der Waals surface area contributed by atoms with Crippen molar-refractivity contribution in [3.8, 4) is 16.9 Å². The molecule has 2 aromatic carbocycles. The fraction of sp³-hybridized carbons (Fsp3) is 0.400. The molecule has 2 atom stereocenters. The van der Waals surface area contributed by atoms with Gasteiger partial charge < -0.3 is 9.84 Å². The molecular weight excluding hydrogens is 291 g/mol. The fourth-order valence-electron chi connectivity index (χ4n) is 3.71. The summed E-state index contributed by atoms with van der Waals surface area (Å²) in [5, 5.41) is 9.47. The van der Waals surface area contributed by atoms with Crippen molar-refractivity contribution in [2.75, 3.05) is 7.11 Å². The number of methoxy groups -OCH3 is 1. The maximum absolute atomic E-state index is 14.4. The first-order valence-electron chi connectivity index (χ1n) is 8.21. The molecule has 0 heterocycles. The molecule has 23 heavy (non-hydrogen) atoms. The predicted molar refractivity (Wildman–Crippen MR) is 90.1 cm³/mol. The lowest BCUT2D eigenvalue weighted by atomic mass is 9.84. The number of benzene rings is 2. The van der Waals surface area contributed by atoms with E-state index in [1.165, 1.54) is 18.9 Å². The Kier molecular flexibility index (Phi) is 4.67. The van der Waals surface area contributed by atoms with Gasteiger partial charge in [-0.15, -0.1) is 0 Å². The van der Waals surface area contributed by atoms with E-state index in [1.807, 2.05) is 18.2 Å². The number of hydrogen-bond donors (Lipinski definition) is 1. The minimum Gasteiger partial charge on any atom is -0.497 e. The van der Waals surface area contributed by atoms with Crippen molar-refractivity contribution in [3.63, 3.8) is 0 Å². The van der Waals surface area contributed by atoms with Crippen LogP contribution in [0.4, 0.5) is 4.39 Å². The standard InChI is InChI=1S/C20H23FO2/c1-13-4-3-5-16(13)18-10-14(12-22)6-8-17(18)19-11-15(23-2)7-9-20(19)21/h6-11,13,16,22H,3-5,12H2,1-2H3/t13-,16-/m1/s1. The van der Waals surface area contributed by atoms with Gasteiger partial charge in [-0.2, -0.15) is 0 Å². The Morgan fingerprint density at radius 1 is 1.13 bits per heavy atom. The molecule has 122 valence electrons. The molecule has 0 aliphatic heterocycles. The number of ether oxygens (including phenoxy) is 1. The van der Waals surface area contributed by atoms with Gasteiger partial charge in [0.05, 0.1) is 13.7 Å². The zero-order valence-electron chi connectivity index (χ0n) is 13.7. The Labute approximate surface area is 136 Å². The van der Waals surface area contributed by atoms with Crippen LogP contribution in [0.3, 0.4) is 0 Å². The van der Waals surface area contributed by atoms with Crippen LogP contribution < -0.4 is 4.74 Å². The van der Waals surface area contributed by atoms with Crippen LogP contribution in [0, 0.1) is 11.7 Å². The Hall–Kier alpha value is -1.87. The van der Waals surface area contributed by atoms with Crippen molar-refractivity contribution in [2.24, 2.45) is 5.92 Å². The molecule has 0 bridgehead atoms. The molecule has 0 aromatic heterocycles. The van der Waals surface area contributed by atoms with Gasteiger partial charge in [-0.05, 0) is 53.1 Å². The molecule has 1 aliphatic carbocycles. The minimum atomic E-state index is -0.241. The van der Waals surface area contributed by atoms with Crippen LogP contribution >= 0.6 is 0 Å². The van der Waals surface area contributed by atoms with E-state index in [2.05, 4.69) is 6.92 Å². The van der Waals surface area contributed by atoms with Crippen molar-refractivity contribution in [1.29, 1.82) is 0 Å². The van der Waals surface area contributed by atoms with E-state index in [0.29, 0.717) is 23.1 Å². The van der Waals surface area contributed by atoms with Crippen LogP contribution in [-0.2, 0) is 6.61 Å². The molecule has 2 nitrogen and oxygen atoms in total. The van der Waals surface area contributed by atoms with Gasteiger partial charge in [-0.3, -0.25) is 0 Å². The van der Waals surface area contributed by atoms with E-state index < -0.39 is 0 Å². The average Bonchev–Trinajstić information content (AvgIpc) is 3.01. The molecule has 1 N–H and O–H groups in total. The van der Waals surface area contributed by atoms with Gasteiger partial charge in [0, 0.05) is 5.56 Å². The lowest BCUT2D eigenvalue weighted by molar-refractivity contribution is 0.281. The molecule has 0 radical (unpaired) electrons. The maximum atomic E-state index is 14.4. The molecule has 3 rings (SSSR count). The first-order valence-corrected chi connectivity index (χ1v) is 8.21. The van der Waals surface area contributed by atoms with Crippen LogP contribution in [0.15, 0.2) is 36.4 Å². The summed E-state index contributed by atoms with van der Waals surface area (Å²) in [7, 11) is 1.59. The highest BCUT2D eigenvalue weighted by Crippen LogP contribution is 2.44. The quantitative estimate of drug-likeness (QED) is 0.870. The van der Waals surface area contributed by atoms with Gasteiger partial charge in [0.25, 0.3) is 0 Å². The van der Waals surface area contributed by atoms with Crippen LogP contribution in [-0.4, -0.2) is 12.2 Å². The first-order chi connectivity index (χ1) is 11.1. The lowest BCUT2D eigenvalue weighted by Gasteiger charge is -2.21. The van der Waals surface area contributed by atoms with Gasteiger partial charge >= 0.3 is 0 Å². The summed E-state index contributed by atoms with van der Waals surface area (Å²) >= 11 is 0. The summed E-state index contributed by atoms with van der Waals surface area (Å²) in [6.45, 7) is 2.27. The zero-order valence-corrected chi connectivity index (χ0v) is 13.7. The van der Waals surface area contributed by atoms with Gasteiger partial charge in [0.1, 0.15) is 11.6 Å². The van der Waals surface area contributed by atoms with Crippen molar-refractivity contribution in [2.45, 2.75) is 38.7 Å². The maximum Gasteiger partial charge on any atom is 0.131 e. The smallest absolute Gasteiger partial charge is 0.131 e. The second-order valence-corrected chi connectivity index (χ2v) is 6.44. The highest BCUT2D eigenvalue weighted by atomic mass is 19.1. The van der Waals surface area contributed by atoms with E-state index >= 15 is 0 Å². The van der Waals surface area contributed by atoms with Gasteiger partial charge in [-0.1, -0.05) is 38.0 Å². The fourth-order valence-corrected chi connectivity index (χ4v) is 3.71. The molecule has 2 aromatic rings. The van der Waals surface area contributed by atoms with E-state index in [9.17, 15) is 9.50 Å². The number of hydrogen-bond acceptors (Lipinski definition) is 2. The van der Waals surface area contributed by atoms with Crippen LogP contribution in [0.25, 0.3) is 11.1 Å². The highest BCUT2D eigenvalue weighted by Gasteiger charge is 2.28. The van der Waals surface area contributed by atoms with Crippen molar-refractivity contribution < 1.29 is 14.2 Å². The monoisotopic (exact) mass is 314 g/mol. The summed E-state index contributed by atoms with van der Waals surface area (Å²) in [6, 6.07) is 10.7. The van der Waals surface area contributed by atoms with E-state index in [-0.39, 0.29) is 12.4 Å². The Morgan fingerprint density at radius 2 is 1.96 bits per heavy atom. The SMILES string of the molecule is COc1ccc(F)c(-c2ccc(CO)cc2[C@@H]2CCC[C@H]2C)c1. The number of aliphatic hydroxyl groups excluding tert-OH is 1. The third-order valence-corrected chi connectivity index (χ3v) is 5.02. The summed E-state index contributed by atoms with van der Waals surface area (Å²) in [5.41, 5.74) is 3.51. The van der Waals surface area contributed by atoms with Crippen LogP contribution in [0.2, 0.25) is 0 Å². The summed E-state index contributed by atoms with van der Waals surface area (Å²) in [6.07, 6.45) is 3.53. The van der Waals surface area contributed by atoms with Crippen molar-refractivity contribution >= 4 is 0 Å². The van der Waals surface area contributed by atoms with Gasteiger partial charge in [0.2, 0.25) is 0 Å². The minimum absolute atomic E-state index is 0.00890. The molecule has 1 fully saturated rings. The van der Waals surface area contributed by atoms with Gasteiger partial charge in [-0.25, -0.2) is 4.39 Å². The van der Waals surface area contributed by atoms with Crippen molar-refractivity contribution in [1.82, 2.24) is 0 Å². The topological polar surface area (TPSA) is 29.5 Å². The van der Waals surface area contributed by atoms with Crippen LogP contribution in [0.5, 0.6) is 5.75 Å². The molecule has 0 unspecified atom stereocenters. The zero-order chi connectivity index (χ0) is 16.4. The number of aliphatic hydroxyl groups is 1. The molecule has 3 heteroatoms. The molecule has 1 saturated carbocycles. The predicted octanol–water partition coefficient (Wildman–Crippen LogP) is 4.90. The third kappa shape index (κ3) is 3.11. The van der Waals surface area contributed by atoms with E-state index in [4.69, 9.17) is 4.74 Å². The molecule has 0 amide bonds. The third-order valence-electron chi connectivity index (χ3n) is 5.02. The second-order valence-electron chi connectivity index (χ2n) is 6.44. The summed E-state index contributed by atoms with van der Waals surface area (Å²) in [4.78, 5) is 0. The molecule has 0 saturated heterocycles. The first kappa shape index (κ1) is 16.0. The van der Waals surface area contributed by atoms with Crippen molar-refractivity contribution in [3.05, 3.63) is 53.3 Å². The number of rotatable bonds is 4. The highest BCUT2D eigenvalue weighted by molar-refractivity contribution is 5.70. The Morgan fingerprint density at radius 3 is 2.61 bits per heavy atom. The van der Waals surface area contributed by atoms with E-state index in [1.54, 1.807) is 19.2 Å². The molecular formula is C20H23FO2. The number of halogens is 1. The van der Waals surface area contributed by atoms with E-state index in [0.717, 1.165) is 23.1 Å². The lowest BCUT2D eigenvalue weighted by Crippen LogP contribution is -2.06. The largest absolute Gasteiger partial charge is 0.497 e. The van der Waals surface area contributed by atoms with Crippen LogP contribution in [0.1, 0.15) is 43.2 Å². The molecule has 0 spiro atoms. The van der Waals surface area contributed by atoms with Gasteiger partial charge in [0.15, 0.2) is 0 Å².